The van der Waals surface area contributed by atoms with E-state index in [-0.39, 0.29) is 5.96 Å². The fourth-order valence-electron chi connectivity index (χ4n) is 2.65. The molecule has 0 aromatic heterocycles. The van der Waals surface area contributed by atoms with Gasteiger partial charge in [-0.2, -0.15) is 0 Å². The van der Waals surface area contributed by atoms with E-state index < -0.39 is 0 Å². The summed E-state index contributed by atoms with van der Waals surface area (Å²) in [7, 11) is 1.62. The molecule has 6 nitrogen and oxygen atoms in total. The molecule has 0 amide bonds. The zero-order valence-electron chi connectivity index (χ0n) is 16.7. The summed E-state index contributed by atoms with van der Waals surface area (Å²) in [6.07, 6.45) is 3.79. The highest BCUT2D eigenvalue weighted by molar-refractivity contribution is 6.10. The maximum atomic E-state index is 5.82. The third-order valence-electron chi connectivity index (χ3n) is 4.22. The highest BCUT2D eigenvalue weighted by Crippen LogP contribution is 2.17. The van der Waals surface area contributed by atoms with Crippen LogP contribution in [0.25, 0.3) is 6.08 Å². The summed E-state index contributed by atoms with van der Waals surface area (Å²) < 4.78 is 11.0. The smallest absolute Gasteiger partial charge is 0.211 e. The van der Waals surface area contributed by atoms with Gasteiger partial charge in [-0.15, -0.1) is 10.2 Å². The molecule has 4 N–H and O–H groups in total. The largest absolute Gasteiger partial charge is 0.497 e. The van der Waals surface area contributed by atoms with E-state index in [0.717, 1.165) is 28.2 Å². The lowest BCUT2D eigenvalue weighted by Crippen LogP contribution is -2.22. The summed E-state index contributed by atoms with van der Waals surface area (Å²) in [6, 6.07) is 25.4. The van der Waals surface area contributed by atoms with Crippen LogP contribution in [0.2, 0.25) is 0 Å². The predicted octanol–water partition coefficient (Wildman–Crippen LogP) is 3.97. The lowest BCUT2D eigenvalue weighted by atomic mass is 10.1. The average Bonchev–Trinajstić information content (AvgIpc) is 2.79. The Hall–Kier alpha value is -4.06. The fourth-order valence-corrected chi connectivity index (χ4v) is 2.65. The van der Waals surface area contributed by atoms with Crippen LogP contribution in [0.3, 0.4) is 0 Å². The van der Waals surface area contributed by atoms with E-state index in [1.165, 1.54) is 0 Å². The molecule has 0 aliphatic rings. The van der Waals surface area contributed by atoms with Gasteiger partial charge in [0.25, 0.3) is 0 Å². The Morgan fingerprint density at radius 1 is 0.833 bits per heavy atom. The molecule has 0 bridgehead atoms. The van der Waals surface area contributed by atoms with Gasteiger partial charge in [-0.1, -0.05) is 48.5 Å². The van der Waals surface area contributed by atoms with Crippen LogP contribution in [0.5, 0.6) is 11.5 Å². The highest BCUT2D eigenvalue weighted by Gasteiger charge is 2.02. The van der Waals surface area contributed by atoms with Crippen molar-refractivity contribution in [3.63, 3.8) is 0 Å². The molecule has 0 aliphatic carbocycles. The van der Waals surface area contributed by atoms with Crippen molar-refractivity contribution in [3.8, 4) is 11.5 Å². The van der Waals surface area contributed by atoms with Crippen molar-refractivity contribution in [3.05, 3.63) is 102 Å². The zero-order chi connectivity index (χ0) is 21.2. The molecule has 0 fully saturated rings. The van der Waals surface area contributed by atoms with E-state index in [9.17, 15) is 0 Å². The Labute approximate surface area is 176 Å². The molecule has 3 aromatic rings. The lowest BCUT2D eigenvalue weighted by Gasteiger charge is -2.06. The first kappa shape index (κ1) is 20.7. The number of hydrogen-bond acceptors (Lipinski definition) is 4. The topological polar surface area (TPSA) is 95.2 Å². The van der Waals surface area contributed by atoms with Crippen LogP contribution in [0, 0.1) is 0 Å². The Balaban J connectivity index is 1.71. The van der Waals surface area contributed by atoms with Crippen LogP contribution in [0.15, 0.2) is 95.1 Å². The monoisotopic (exact) mass is 400 g/mol. The van der Waals surface area contributed by atoms with Gasteiger partial charge in [0.05, 0.1) is 12.8 Å². The molecule has 0 aliphatic heterocycles. The normalized spacial score (nSPS) is 11.3. The molecule has 3 aromatic carbocycles. The van der Waals surface area contributed by atoms with Gasteiger partial charge in [-0.05, 0) is 53.6 Å². The summed E-state index contributed by atoms with van der Waals surface area (Å²) in [5.41, 5.74) is 14.4. The van der Waals surface area contributed by atoms with Crippen molar-refractivity contribution >= 4 is 17.7 Å². The number of allylic oxidation sites excluding steroid dienone is 1. The van der Waals surface area contributed by atoms with Crippen LogP contribution in [0.4, 0.5) is 0 Å². The molecule has 0 saturated carbocycles. The van der Waals surface area contributed by atoms with E-state index in [0.29, 0.717) is 12.3 Å². The first-order valence-electron chi connectivity index (χ1n) is 9.40. The average molecular weight is 400 g/mol. The molecule has 0 radical (unpaired) electrons. The van der Waals surface area contributed by atoms with E-state index in [1.54, 1.807) is 7.11 Å². The molecule has 30 heavy (non-hydrogen) atoms. The maximum Gasteiger partial charge on any atom is 0.211 e. The summed E-state index contributed by atoms with van der Waals surface area (Å²) in [4.78, 5) is 0. The second-order valence-corrected chi connectivity index (χ2v) is 6.42. The number of hydrogen-bond donors (Lipinski definition) is 2. The van der Waals surface area contributed by atoms with Crippen LogP contribution in [0.1, 0.15) is 16.7 Å². The van der Waals surface area contributed by atoms with E-state index >= 15 is 0 Å². The molecule has 6 heteroatoms. The number of benzene rings is 3. The first-order valence-corrected chi connectivity index (χ1v) is 9.40. The van der Waals surface area contributed by atoms with Crippen molar-refractivity contribution in [2.45, 2.75) is 6.61 Å². The maximum absolute atomic E-state index is 5.82. The van der Waals surface area contributed by atoms with Crippen molar-refractivity contribution in [1.82, 2.24) is 0 Å². The highest BCUT2D eigenvalue weighted by atomic mass is 16.5. The molecule has 152 valence electrons. The van der Waals surface area contributed by atoms with Gasteiger partial charge in [0.15, 0.2) is 0 Å². The SMILES string of the molecule is COc1ccc(C(/C=C/c2ccc(OCc3ccccc3)cc2)=N\N=C(N)N)cc1. The van der Waals surface area contributed by atoms with Crippen molar-refractivity contribution < 1.29 is 9.47 Å². The first-order chi connectivity index (χ1) is 14.6. The third-order valence-corrected chi connectivity index (χ3v) is 4.22. The number of guanidine groups is 1. The minimum absolute atomic E-state index is 0.102. The minimum Gasteiger partial charge on any atom is -0.497 e. The van der Waals surface area contributed by atoms with Gasteiger partial charge in [-0.3, -0.25) is 0 Å². The molecule has 0 unspecified atom stereocenters. The molecule has 3 rings (SSSR count). The molecule has 0 heterocycles. The van der Waals surface area contributed by atoms with Gasteiger partial charge in [-0.25, -0.2) is 0 Å². The Kier molecular flexibility index (Phi) is 7.22. The number of ether oxygens (including phenoxy) is 2. The van der Waals surface area contributed by atoms with Gasteiger partial charge < -0.3 is 20.9 Å². The molecule has 0 atom stereocenters. The Morgan fingerprint density at radius 3 is 2.13 bits per heavy atom. The van der Waals surface area contributed by atoms with Gasteiger partial charge in [0.2, 0.25) is 5.96 Å². The lowest BCUT2D eigenvalue weighted by molar-refractivity contribution is 0.306. The van der Waals surface area contributed by atoms with Crippen LogP contribution < -0.4 is 20.9 Å². The molecular formula is C24H24N4O2. The summed E-state index contributed by atoms with van der Waals surface area (Å²) >= 11 is 0. The predicted molar refractivity (Wildman–Crippen MR) is 122 cm³/mol. The van der Waals surface area contributed by atoms with Crippen molar-refractivity contribution in [1.29, 1.82) is 0 Å². The number of methoxy groups -OCH3 is 1. The summed E-state index contributed by atoms with van der Waals surface area (Å²) in [5, 5.41) is 7.93. The number of nitrogens with zero attached hydrogens (tertiary/aromatic N) is 2. The number of nitrogens with two attached hydrogens (primary N) is 2. The Bertz CT molecular complexity index is 1020. The standard InChI is InChI=1S/C24H24N4O2/c1-29-21-14-10-20(11-15-21)23(27-28-24(25)26)16-9-18-7-12-22(13-8-18)30-17-19-5-3-2-4-6-19/h2-16H,17H2,1H3,(H4,25,26,28)/b16-9+,27-23-. The minimum atomic E-state index is -0.102. The van der Waals surface area contributed by atoms with Crippen molar-refractivity contribution in [2.24, 2.45) is 21.7 Å². The van der Waals surface area contributed by atoms with Crippen LogP contribution >= 0.6 is 0 Å². The van der Waals surface area contributed by atoms with Crippen molar-refractivity contribution in [2.75, 3.05) is 7.11 Å². The fraction of sp³-hybridized carbons (Fsp3) is 0.0833. The molecule has 0 spiro atoms. The quantitative estimate of drug-likeness (QED) is 0.340. The van der Waals surface area contributed by atoms with Gasteiger partial charge >= 0.3 is 0 Å². The summed E-state index contributed by atoms with van der Waals surface area (Å²) in [5.74, 6) is 1.46. The third kappa shape index (κ3) is 6.24. The van der Waals surface area contributed by atoms with E-state index in [4.69, 9.17) is 20.9 Å². The van der Waals surface area contributed by atoms with Crippen LogP contribution in [-0.4, -0.2) is 18.8 Å². The molecule has 0 saturated heterocycles. The van der Waals surface area contributed by atoms with Crippen LogP contribution in [-0.2, 0) is 6.61 Å². The van der Waals surface area contributed by atoms with E-state index in [2.05, 4.69) is 10.2 Å². The second-order valence-electron chi connectivity index (χ2n) is 6.42. The van der Waals surface area contributed by atoms with Gasteiger partial charge in [0, 0.05) is 5.56 Å². The second kappa shape index (κ2) is 10.5. The molecular weight excluding hydrogens is 376 g/mol. The zero-order valence-corrected chi connectivity index (χ0v) is 16.7. The van der Waals surface area contributed by atoms with E-state index in [1.807, 2.05) is 91.0 Å². The number of rotatable bonds is 8. The Morgan fingerprint density at radius 2 is 1.50 bits per heavy atom. The summed E-state index contributed by atoms with van der Waals surface area (Å²) in [6.45, 7) is 0.531. The van der Waals surface area contributed by atoms with Gasteiger partial charge in [0.1, 0.15) is 18.1 Å².